The van der Waals surface area contributed by atoms with E-state index in [0.29, 0.717) is 22.4 Å². The number of phenolic OH excluding ortho intramolecular Hbond substituents is 1. The number of hydrogen-bond donors (Lipinski definition) is 2. The lowest BCUT2D eigenvalue weighted by atomic mass is 10.1. The molecule has 0 aliphatic rings. The van der Waals surface area contributed by atoms with Crippen LogP contribution in [0.15, 0.2) is 36.4 Å². The molecule has 6 heteroatoms. The van der Waals surface area contributed by atoms with Crippen LogP contribution in [0.3, 0.4) is 0 Å². The smallest absolute Gasteiger partial charge is 0.224 e. The molecule has 1 amide bonds. The zero-order valence-corrected chi connectivity index (χ0v) is 17.7. The zero-order chi connectivity index (χ0) is 21.1. The van der Waals surface area contributed by atoms with Gasteiger partial charge in [-0.2, -0.15) is 0 Å². The second kappa shape index (κ2) is 8.74. The molecule has 2 aromatic carbocycles. The molecular formula is C23H25FN2O2S. The molecule has 0 saturated carbocycles. The fourth-order valence-electron chi connectivity index (χ4n) is 3.43. The summed E-state index contributed by atoms with van der Waals surface area (Å²) < 4.78 is 16.0. The van der Waals surface area contributed by atoms with Crippen molar-refractivity contribution in [3.8, 4) is 5.75 Å². The van der Waals surface area contributed by atoms with Gasteiger partial charge in [-0.15, -0.1) is 0 Å². The number of unbranched alkanes of at least 4 members (excludes halogenated alkanes) is 1. The average Bonchev–Trinajstić information content (AvgIpc) is 2.93. The van der Waals surface area contributed by atoms with E-state index in [1.54, 1.807) is 4.57 Å². The summed E-state index contributed by atoms with van der Waals surface area (Å²) in [6.45, 7) is 6.54. The van der Waals surface area contributed by atoms with E-state index in [9.17, 15) is 14.3 Å². The van der Waals surface area contributed by atoms with Gasteiger partial charge in [-0.1, -0.05) is 55.4 Å². The summed E-state index contributed by atoms with van der Waals surface area (Å²) in [4.78, 5) is 13.0. The van der Waals surface area contributed by atoms with Crippen LogP contribution in [-0.2, 0) is 11.2 Å². The van der Waals surface area contributed by atoms with Crippen molar-refractivity contribution < 1.29 is 14.3 Å². The van der Waals surface area contributed by atoms with Crippen LogP contribution in [0.4, 0.5) is 4.39 Å². The van der Waals surface area contributed by atoms with Gasteiger partial charge in [0.05, 0.1) is 11.9 Å². The monoisotopic (exact) mass is 412 g/mol. The van der Waals surface area contributed by atoms with Crippen LogP contribution < -0.4 is 5.32 Å². The Morgan fingerprint density at radius 1 is 1.21 bits per heavy atom. The van der Waals surface area contributed by atoms with Gasteiger partial charge in [-0.05, 0) is 31.9 Å². The predicted octanol–water partition coefficient (Wildman–Crippen LogP) is 4.79. The maximum Gasteiger partial charge on any atom is 0.224 e. The molecule has 0 saturated heterocycles. The number of carbonyl (C=O) groups excluding carboxylic acids is 1. The summed E-state index contributed by atoms with van der Waals surface area (Å²) in [6, 6.07) is 10.4. The fraction of sp³-hybridized carbons (Fsp3) is 0.304. The number of rotatable bonds is 6. The quantitative estimate of drug-likeness (QED) is 0.452. The highest BCUT2D eigenvalue weighted by Gasteiger charge is 2.21. The first-order chi connectivity index (χ1) is 13.8. The molecule has 0 atom stereocenters. The topological polar surface area (TPSA) is 54.3 Å². The van der Waals surface area contributed by atoms with Gasteiger partial charge in [0, 0.05) is 29.3 Å². The molecule has 1 aromatic heterocycles. The number of fused-ring (bicyclic) bond motifs is 1. The molecular weight excluding hydrogens is 387 g/mol. The molecule has 0 unspecified atom stereocenters. The van der Waals surface area contributed by atoms with E-state index in [0.717, 1.165) is 35.2 Å². The third-order valence-electron chi connectivity index (χ3n) is 5.09. The van der Waals surface area contributed by atoms with Crippen molar-refractivity contribution in [3.63, 3.8) is 0 Å². The van der Waals surface area contributed by atoms with Crippen molar-refractivity contribution in [1.29, 1.82) is 0 Å². The highest BCUT2D eigenvalue weighted by Crippen LogP contribution is 2.32. The number of carbonyl (C=O) groups is 1. The van der Waals surface area contributed by atoms with E-state index in [1.807, 2.05) is 38.1 Å². The van der Waals surface area contributed by atoms with Crippen LogP contribution in [0.25, 0.3) is 10.9 Å². The Labute approximate surface area is 175 Å². The molecule has 0 spiro atoms. The Morgan fingerprint density at radius 3 is 2.55 bits per heavy atom. The summed E-state index contributed by atoms with van der Waals surface area (Å²) in [5.74, 6) is -1.27. The Kier molecular flexibility index (Phi) is 6.33. The van der Waals surface area contributed by atoms with Crippen molar-refractivity contribution >= 4 is 34.0 Å². The van der Waals surface area contributed by atoms with Gasteiger partial charge in [0.2, 0.25) is 5.91 Å². The number of thiocarbonyl (C=S) groups is 1. The minimum atomic E-state index is -0.720. The molecule has 1 heterocycles. The van der Waals surface area contributed by atoms with Gasteiger partial charge in [0.25, 0.3) is 0 Å². The molecule has 0 aliphatic heterocycles. The molecule has 0 fully saturated rings. The van der Waals surface area contributed by atoms with E-state index in [4.69, 9.17) is 12.2 Å². The SMILES string of the molecule is CCCCNC(=O)Cc1c(C)n(C(=S)c2ccc(C)cc2)c2cc(F)c(O)cc12. The summed E-state index contributed by atoms with van der Waals surface area (Å²) in [7, 11) is 0. The molecule has 2 N–H and O–H groups in total. The van der Waals surface area contributed by atoms with Gasteiger partial charge in [-0.3, -0.25) is 4.79 Å². The first kappa shape index (κ1) is 21.0. The van der Waals surface area contributed by atoms with Crippen LogP contribution >= 0.6 is 12.2 Å². The third-order valence-corrected chi connectivity index (χ3v) is 5.51. The number of hydrogen-bond acceptors (Lipinski definition) is 3. The van der Waals surface area contributed by atoms with E-state index in [-0.39, 0.29) is 12.3 Å². The van der Waals surface area contributed by atoms with Crippen molar-refractivity contribution in [1.82, 2.24) is 9.88 Å². The van der Waals surface area contributed by atoms with Gasteiger partial charge in [0.1, 0.15) is 4.99 Å². The molecule has 4 nitrogen and oxygen atoms in total. The molecule has 0 bridgehead atoms. The van der Waals surface area contributed by atoms with Crippen LogP contribution in [0, 0.1) is 19.7 Å². The first-order valence-electron chi connectivity index (χ1n) is 9.74. The van der Waals surface area contributed by atoms with Gasteiger partial charge >= 0.3 is 0 Å². The minimum Gasteiger partial charge on any atom is -0.505 e. The minimum absolute atomic E-state index is 0.106. The second-order valence-corrected chi connectivity index (χ2v) is 7.66. The lowest BCUT2D eigenvalue weighted by molar-refractivity contribution is -0.120. The number of aromatic hydroxyl groups is 1. The average molecular weight is 413 g/mol. The molecule has 3 rings (SSSR count). The van der Waals surface area contributed by atoms with Crippen LogP contribution in [0.2, 0.25) is 0 Å². The Bertz CT molecular complexity index is 1070. The largest absolute Gasteiger partial charge is 0.505 e. The van der Waals surface area contributed by atoms with Gasteiger partial charge < -0.3 is 15.0 Å². The lowest BCUT2D eigenvalue weighted by Gasteiger charge is -2.11. The van der Waals surface area contributed by atoms with E-state index in [1.165, 1.54) is 12.1 Å². The highest BCUT2D eigenvalue weighted by molar-refractivity contribution is 7.80. The number of halogens is 1. The summed E-state index contributed by atoms with van der Waals surface area (Å²) in [6.07, 6.45) is 2.05. The van der Waals surface area contributed by atoms with Crippen LogP contribution in [-0.4, -0.2) is 27.1 Å². The van der Waals surface area contributed by atoms with Crippen molar-refractivity contribution in [2.45, 2.75) is 40.0 Å². The number of aromatic nitrogens is 1. The molecule has 152 valence electrons. The summed E-state index contributed by atoms with van der Waals surface area (Å²) in [5, 5.41) is 13.5. The molecule has 0 radical (unpaired) electrons. The van der Waals surface area contributed by atoms with Crippen molar-refractivity contribution in [2.24, 2.45) is 0 Å². The summed E-state index contributed by atoms with van der Waals surface area (Å²) >= 11 is 5.71. The molecule has 29 heavy (non-hydrogen) atoms. The second-order valence-electron chi connectivity index (χ2n) is 7.27. The Hall–Kier alpha value is -2.73. The first-order valence-corrected chi connectivity index (χ1v) is 10.1. The van der Waals surface area contributed by atoms with Gasteiger partial charge in [-0.25, -0.2) is 4.39 Å². The van der Waals surface area contributed by atoms with Crippen LogP contribution in [0.5, 0.6) is 5.75 Å². The number of benzene rings is 2. The Balaban J connectivity index is 2.09. The number of nitrogens with zero attached hydrogens (tertiary/aromatic N) is 1. The van der Waals surface area contributed by atoms with E-state index < -0.39 is 11.6 Å². The molecule has 0 aliphatic carbocycles. The zero-order valence-electron chi connectivity index (χ0n) is 16.9. The number of aryl methyl sites for hydroxylation is 1. The van der Waals surface area contributed by atoms with Crippen LogP contribution in [0.1, 0.15) is 42.1 Å². The fourth-order valence-corrected chi connectivity index (χ4v) is 3.80. The van der Waals surface area contributed by atoms with E-state index in [2.05, 4.69) is 12.2 Å². The molecule has 3 aromatic rings. The number of phenols is 1. The maximum atomic E-state index is 14.2. The van der Waals surface area contributed by atoms with Gasteiger partial charge in [0.15, 0.2) is 11.6 Å². The van der Waals surface area contributed by atoms with Crippen molar-refractivity contribution in [2.75, 3.05) is 6.54 Å². The highest BCUT2D eigenvalue weighted by atomic mass is 32.1. The standard InChI is InChI=1S/C23H25FN2O2S/c1-4-5-10-25-22(28)12-17-15(3)26(20-13-19(24)21(27)11-18(17)20)23(29)16-8-6-14(2)7-9-16/h6-9,11,13,27H,4-5,10,12H2,1-3H3,(H,25,28). The maximum absolute atomic E-state index is 14.2. The summed E-state index contributed by atoms with van der Waals surface area (Å²) in [5.41, 5.74) is 3.99. The van der Waals surface area contributed by atoms with E-state index >= 15 is 0 Å². The number of nitrogens with one attached hydrogen (secondary N) is 1. The normalized spacial score (nSPS) is 11.0. The Morgan fingerprint density at radius 2 is 1.90 bits per heavy atom. The predicted molar refractivity (Wildman–Crippen MR) is 118 cm³/mol. The van der Waals surface area contributed by atoms with Crippen molar-refractivity contribution in [3.05, 3.63) is 64.6 Å². The third kappa shape index (κ3) is 4.32. The number of amides is 1. The lowest BCUT2D eigenvalue weighted by Crippen LogP contribution is -2.26.